The Morgan fingerprint density at radius 2 is 1.54 bits per heavy atom. The highest BCUT2D eigenvalue weighted by molar-refractivity contribution is 6.25. The number of hydrogen-bond acceptors (Lipinski definition) is 3. The quantitative estimate of drug-likeness (QED) is 0.289. The fourth-order valence-corrected chi connectivity index (χ4v) is 6.11. The molecule has 4 rings (SSSR count). The molecule has 1 atom stereocenters. The zero-order valence-corrected chi connectivity index (χ0v) is 23.3. The predicted molar refractivity (Wildman–Crippen MR) is 156 cm³/mol. The van der Waals surface area contributed by atoms with Gasteiger partial charge in [0, 0.05) is 11.0 Å². The normalized spacial score (nSPS) is 16.5. The van der Waals surface area contributed by atoms with Crippen LogP contribution in [0.25, 0.3) is 11.1 Å². The van der Waals surface area contributed by atoms with Gasteiger partial charge in [-0.3, -0.25) is 15.3 Å². The molecule has 1 heterocycles. The third kappa shape index (κ3) is 4.60. The van der Waals surface area contributed by atoms with Crippen molar-refractivity contribution < 1.29 is 0 Å². The van der Waals surface area contributed by atoms with Crippen LogP contribution in [0.4, 0.5) is 5.69 Å². The van der Waals surface area contributed by atoms with Gasteiger partial charge >= 0.3 is 0 Å². The van der Waals surface area contributed by atoms with Crippen LogP contribution in [-0.4, -0.2) is 18.2 Å². The number of nitriles is 1. The summed E-state index contributed by atoms with van der Waals surface area (Å²) >= 11 is 0. The molecule has 1 N–H and O–H groups in total. The SMILES string of the molecule is CCCC1(CC)CN=C(N(C(C)=N)c2c(C)cc(-c3cc(C)c(C#N)c(C)c3)cc2C)c2ccccc21. The second-order valence-corrected chi connectivity index (χ2v) is 10.5. The van der Waals surface area contributed by atoms with Crippen molar-refractivity contribution in [2.45, 2.75) is 73.1 Å². The van der Waals surface area contributed by atoms with E-state index >= 15 is 0 Å². The van der Waals surface area contributed by atoms with E-state index in [0.29, 0.717) is 5.84 Å². The number of amidine groups is 2. The van der Waals surface area contributed by atoms with Gasteiger partial charge in [0.2, 0.25) is 0 Å². The standard InChI is InChI=1S/C33H38N4/c1-8-14-33(9-2)20-36-32(28-12-10-11-13-30(28)33)37(25(7)35)31-23(5)17-27(18-24(31)6)26-15-21(3)29(19-34)22(4)16-26/h10-13,15-18,35H,8-9,14,20H2,1-7H3. The maximum Gasteiger partial charge on any atom is 0.141 e. The van der Waals surface area contributed by atoms with Crippen LogP contribution in [-0.2, 0) is 5.41 Å². The lowest BCUT2D eigenvalue weighted by molar-refractivity contribution is 0.381. The van der Waals surface area contributed by atoms with Crippen LogP contribution in [0.2, 0.25) is 0 Å². The molecule has 1 aliphatic rings. The lowest BCUT2D eigenvalue weighted by atomic mass is 9.71. The van der Waals surface area contributed by atoms with Gasteiger partial charge in [-0.15, -0.1) is 0 Å². The van der Waals surface area contributed by atoms with Gasteiger partial charge in [0.15, 0.2) is 0 Å². The first-order chi connectivity index (χ1) is 17.7. The van der Waals surface area contributed by atoms with E-state index < -0.39 is 0 Å². The van der Waals surface area contributed by atoms with Gasteiger partial charge in [0.05, 0.1) is 23.9 Å². The van der Waals surface area contributed by atoms with E-state index in [9.17, 15) is 5.26 Å². The second-order valence-electron chi connectivity index (χ2n) is 10.5. The summed E-state index contributed by atoms with van der Waals surface area (Å²) in [6, 6.07) is 19.6. The minimum absolute atomic E-state index is 0.0513. The van der Waals surface area contributed by atoms with Crippen molar-refractivity contribution in [3.63, 3.8) is 0 Å². The van der Waals surface area contributed by atoms with Gasteiger partial charge < -0.3 is 0 Å². The molecule has 4 heteroatoms. The van der Waals surface area contributed by atoms with E-state index in [1.165, 1.54) is 5.56 Å². The molecule has 3 aromatic carbocycles. The summed E-state index contributed by atoms with van der Waals surface area (Å²) in [6.07, 6.45) is 3.28. The van der Waals surface area contributed by atoms with E-state index in [1.807, 2.05) is 25.7 Å². The smallest absolute Gasteiger partial charge is 0.141 e. The van der Waals surface area contributed by atoms with Crippen molar-refractivity contribution in [2.75, 3.05) is 11.4 Å². The highest BCUT2D eigenvalue weighted by Crippen LogP contribution is 2.41. The van der Waals surface area contributed by atoms with Gasteiger partial charge in [0.1, 0.15) is 11.7 Å². The Morgan fingerprint density at radius 1 is 0.973 bits per heavy atom. The molecule has 0 aromatic heterocycles. The molecule has 1 unspecified atom stereocenters. The molecule has 190 valence electrons. The Bertz CT molecular complexity index is 1390. The number of nitrogens with one attached hydrogen (secondary N) is 1. The molecule has 3 aromatic rings. The van der Waals surface area contributed by atoms with Crippen LogP contribution in [0.3, 0.4) is 0 Å². The van der Waals surface area contributed by atoms with E-state index in [2.05, 4.69) is 82.3 Å². The van der Waals surface area contributed by atoms with Crippen LogP contribution in [0.1, 0.15) is 79.0 Å². The zero-order valence-electron chi connectivity index (χ0n) is 23.3. The Hall–Kier alpha value is -3.71. The Kier molecular flexibility index (Phi) is 7.37. The number of anilines is 1. The number of hydrogen-bond donors (Lipinski definition) is 1. The minimum Gasteiger partial charge on any atom is -0.288 e. The van der Waals surface area contributed by atoms with Crippen LogP contribution in [0.15, 0.2) is 53.5 Å². The summed E-state index contributed by atoms with van der Waals surface area (Å²) in [6.45, 7) is 15.3. The molecule has 0 bridgehead atoms. The number of nitrogens with zero attached hydrogens (tertiary/aromatic N) is 3. The molecule has 37 heavy (non-hydrogen) atoms. The molecule has 0 saturated carbocycles. The largest absolute Gasteiger partial charge is 0.288 e. The lowest BCUT2D eigenvalue weighted by Gasteiger charge is -2.40. The maximum atomic E-state index is 9.48. The van der Waals surface area contributed by atoms with E-state index in [4.69, 9.17) is 10.4 Å². The molecule has 0 fully saturated rings. The lowest BCUT2D eigenvalue weighted by Crippen LogP contribution is -2.43. The molecular formula is C33H38N4. The first-order valence-corrected chi connectivity index (χ1v) is 13.3. The summed E-state index contributed by atoms with van der Waals surface area (Å²) in [4.78, 5) is 7.22. The van der Waals surface area contributed by atoms with Crippen molar-refractivity contribution in [3.8, 4) is 17.2 Å². The zero-order chi connectivity index (χ0) is 26.9. The third-order valence-corrected chi connectivity index (χ3v) is 7.92. The molecular weight excluding hydrogens is 452 g/mol. The Balaban J connectivity index is 1.85. The van der Waals surface area contributed by atoms with Crippen LogP contribution in [0.5, 0.6) is 0 Å². The predicted octanol–water partition coefficient (Wildman–Crippen LogP) is 8.17. The van der Waals surface area contributed by atoms with E-state index in [-0.39, 0.29) is 5.41 Å². The summed E-state index contributed by atoms with van der Waals surface area (Å²) < 4.78 is 0. The first-order valence-electron chi connectivity index (χ1n) is 13.3. The Morgan fingerprint density at radius 3 is 2.05 bits per heavy atom. The number of fused-ring (bicyclic) bond motifs is 1. The second kappa shape index (κ2) is 10.3. The topological polar surface area (TPSA) is 63.2 Å². The molecule has 0 radical (unpaired) electrons. The summed E-state index contributed by atoms with van der Waals surface area (Å²) in [7, 11) is 0. The van der Waals surface area contributed by atoms with Gasteiger partial charge in [-0.25, -0.2) is 0 Å². The monoisotopic (exact) mass is 490 g/mol. The van der Waals surface area contributed by atoms with Crippen molar-refractivity contribution in [1.82, 2.24) is 0 Å². The summed E-state index contributed by atoms with van der Waals surface area (Å²) in [5.74, 6) is 1.32. The summed E-state index contributed by atoms with van der Waals surface area (Å²) in [5, 5.41) is 18.3. The fraction of sp³-hybridized carbons (Fsp3) is 0.364. The van der Waals surface area contributed by atoms with Gasteiger partial charge in [-0.05, 0) is 98.5 Å². The Labute approximate surface area is 222 Å². The molecule has 4 nitrogen and oxygen atoms in total. The fourth-order valence-electron chi connectivity index (χ4n) is 6.11. The van der Waals surface area contributed by atoms with Crippen molar-refractivity contribution in [2.24, 2.45) is 4.99 Å². The highest BCUT2D eigenvalue weighted by atomic mass is 15.2. The van der Waals surface area contributed by atoms with Crippen LogP contribution < -0.4 is 4.90 Å². The minimum atomic E-state index is 0.0513. The average molecular weight is 491 g/mol. The molecule has 1 aliphatic heterocycles. The number of aliphatic imine (C=N–C) groups is 1. The van der Waals surface area contributed by atoms with Crippen LogP contribution in [0, 0.1) is 44.4 Å². The van der Waals surface area contributed by atoms with Crippen molar-refractivity contribution in [3.05, 3.63) is 87.5 Å². The third-order valence-electron chi connectivity index (χ3n) is 7.92. The van der Waals surface area contributed by atoms with Gasteiger partial charge in [-0.2, -0.15) is 5.26 Å². The summed E-state index contributed by atoms with van der Waals surface area (Å²) in [5.41, 5.74) is 10.7. The van der Waals surface area contributed by atoms with Crippen molar-refractivity contribution in [1.29, 1.82) is 10.7 Å². The maximum absolute atomic E-state index is 9.48. The average Bonchev–Trinajstić information content (AvgIpc) is 2.86. The number of rotatable bonds is 5. The molecule has 0 amide bonds. The van der Waals surface area contributed by atoms with Crippen LogP contribution >= 0.6 is 0 Å². The molecule has 0 saturated heterocycles. The van der Waals surface area contributed by atoms with Gasteiger partial charge in [0.25, 0.3) is 0 Å². The number of aryl methyl sites for hydroxylation is 4. The number of benzene rings is 3. The molecule has 0 spiro atoms. The highest BCUT2D eigenvalue weighted by Gasteiger charge is 2.37. The van der Waals surface area contributed by atoms with E-state index in [0.717, 1.165) is 81.8 Å². The first kappa shape index (κ1) is 26.4. The molecule has 0 aliphatic carbocycles. The van der Waals surface area contributed by atoms with Gasteiger partial charge in [-0.1, -0.05) is 56.7 Å². The van der Waals surface area contributed by atoms with E-state index in [1.54, 1.807) is 0 Å². The van der Waals surface area contributed by atoms with Crippen molar-refractivity contribution >= 4 is 17.4 Å².